The summed E-state index contributed by atoms with van der Waals surface area (Å²) < 4.78 is 25.2. The summed E-state index contributed by atoms with van der Waals surface area (Å²) in [5.41, 5.74) is 2.04. The molecule has 0 saturated carbocycles. The molecule has 7 rings (SSSR count). The van der Waals surface area contributed by atoms with Gasteiger partial charge in [-0.1, -0.05) is 79.8 Å². The molecular weight excluding hydrogens is 751 g/mol. The van der Waals surface area contributed by atoms with E-state index in [1.54, 1.807) is 42.3 Å². The van der Waals surface area contributed by atoms with Gasteiger partial charge >= 0.3 is 0 Å². The van der Waals surface area contributed by atoms with E-state index in [4.69, 9.17) is 18.9 Å². The smallest absolute Gasteiger partial charge is 0.297 e. The molecular formula is C46H51N3O8Si. The number of fused-ring (bicyclic) bond motifs is 2. The van der Waals surface area contributed by atoms with Crippen LogP contribution in [0.5, 0.6) is 17.2 Å². The van der Waals surface area contributed by atoms with Crippen molar-refractivity contribution in [1.82, 2.24) is 9.47 Å². The van der Waals surface area contributed by atoms with Gasteiger partial charge in [-0.15, -0.1) is 0 Å². The first kappa shape index (κ1) is 40.5. The van der Waals surface area contributed by atoms with Crippen LogP contribution in [0.25, 0.3) is 5.69 Å². The van der Waals surface area contributed by atoms with Crippen molar-refractivity contribution in [3.8, 4) is 22.9 Å². The van der Waals surface area contributed by atoms with Gasteiger partial charge in [0.1, 0.15) is 11.5 Å². The second kappa shape index (κ2) is 16.7. The van der Waals surface area contributed by atoms with Crippen molar-refractivity contribution in [1.29, 1.82) is 0 Å². The summed E-state index contributed by atoms with van der Waals surface area (Å²) in [5.74, 6) is 0.884. The van der Waals surface area contributed by atoms with Gasteiger partial charge in [0.2, 0.25) is 5.91 Å². The molecule has 11 nitrogen and oxygen atoms in total. The number of carbonyl (C=O) groups excluding carboxylic acids is 2. The summed E-state index contributed by atoms with van der Waals surface area (Å²) in [6.07, 6.45) is 1.11. The molecule has 12 heteroatoms. The molecule has 2 aliphatic heterocycles. The minimum absolute atomic E-state index is 0.0356. The van der Waals surface area contributed by atoms with Gasteiger partial charge in [-0.2, -0.15) is 0 Å². The molecule has 58 heavy (non-hydrogen) atoms. The minimum atomic E-state index is -2.55. The Bertz CT molecular complexity index is 2310. The standard InChI is InChI=1S/C46H51N3O8Si/c1-31-43(58(5,6)37-21-18-35(54-2)19-22-37)41(28-42(51)47(25-26-50)29-32-11-8-7-9-12-32)57-46(31)38-27-36(55-3)20-23-39(38)49(45(46)53)30-33-14-16-34(17-15-33)48-24-10-13-40(56-4)44(48)52/h7-24,27,31,41,43,50H,25-26,28-30H2,1-6H3/t31-,41+,43-,46+/m0/s1. The minimum Gasteiger partial charge on any atom is -0.497 e. The van der Waals surface area contributed by atoms with Crippen LogP contribution in [0.2, 0.25) is 18.6 Å². The molecule has 4 aromatic carbocycles. The van der Waals surface area contributed by atoms with Crippen LogP contribution < -0.4 is 29.9 Å². The largest absolute Gasteiger partial charge is 0.497 e. The van der Waals surface area contributed by atoms with Gasteiger partial charge in [-0.05, 0) is 71.3 Å². The van der Waals surface area contributed by atoms with E-state index < -0.39 is 19.8 Å². The molecule has 2 aliphatic rings. The highest BCUT2D eigenvalue weighted by molar-refractivity contribution is 6.91. The van der Waals surface area contributed by atoms with Crippen molar-refractivity contribution in [2.75, 3.05) is 39.4 Å². The Morgan fingerprint density at radius 1 is 0.845 bits per heavy atom. The van der Waals surface area contributed by atoms with Crippen LogP contribution in [-0.2, 0) is 33.0 Å². The highest BCUT2D eigenvalue weighted by atomic mass is 28.3. The number of pyridine rings is 1. The van der Waals surface area contributed by atoms with Crippen LogP contribution in [0.4, 0.5) is 5.69 Å². The van der Waals surface area contributed by atoms with Crippen LogP contribution >= 0.6 is 0 Å². The number of ether oxygens (including phenoxy) is 4. The van der Waals surface area contributed by atoms with Crippen LogP contribution in [0.3, 0.4) is 0 Å². The average Bonchev–Trinajstić information content (AvgIpc) is 3.66. The topological polar surface area (TPSA) is 120 Å². The van der Waals surface area contributed by atoms with Crippen LogP contribution in [0, 0.1) is 5.92 Å². The lowest BCUT2D eigenvalue weighted by Gasteiger charge is -2.37. The van der Waals surface area contributed by atoms with Crippen molar-refractivity contribution in [3.63, 3.8) is 0 Å². The van der Waals surface area contributed by atoms with Crippen LogP contribution in [0.15, 0.2) is 120 Å². The summed E-state index contributed by atoms with van der Waals surface area (Å²) in [4.78, 5) is 46.2. The van der Waals surface area contributed by atoms with Crippen molar-refractivity contribution >= 4 is 30.8 Å². The highest BCUT2D eigenvalue weighted by Crippen LogP contribution is 2.60. The third-order valence-corrected chi connectivity index (χ3v) is 16.4. The number of rotatable bonds is 14. The van der Waals surface area contributed by atoms with Crippen LogP contribution in [-0.4, -0.2) is 75.0 Å². The summed E-state index contributed by atoms with van der Waals surface area (Å²) in [7, 11) is 2.16. The zero-order valence-electron chi connectivity index (χ0n) is 33.9. The van der Waals surface area contributed by atoms with E-state index in [0.29, 0.717) is 29.2 Å². The van der Waals surface area contributed by atoms with E-state index >= 15 is 4.79 Å². The van der Waals surface area contributed by atoms with Gasteiger partial charge in [0, 0.05) is 36.5 Å². The second-order valence-electron chi connectivity index (χ2n) is 15.6. The van der Waals surface area contributed by atoms with E-state index in [-0.39, 0.29) is 60.7 Å². The Kier molecular flexibility index (Phi) is 11.6. The van der Waals surface area contributed by atoms with Gasteiger partial charge in [0.05, 0.1) is 60.8 Å². The molecule has 2 amide bonds. The number of methoxy groups -OCH3 is 3. The monoisotopic (exact) mass is 801 g/mol. The fourth-order valence-corrected chi connectivity index (χ4v) is 13.1. The molecule has 1 saturated heterocycles. The predicted octanol–water partition coefficient (Wildman–Crippen LogP) is 6.04. The lowest BCUT2D eigenvalue weighted by Crippen LogP contribution is -2.52. The van der Waals surface area contributed by atoms with E-state index in [0.717, 1.165) is 22.1 Å². The molecule has 0 radical (unpaired) electrons. The molecule has 1 spiro atoms. The number of hydrogen-bond donors (Lipinski definition) is 1. The third-order valence-electron chi connectivity index (χ3n) is 12.0. The quantitative estimate of drug-likeness (QED) is 0.135. The Morgan fingerprint density at radius 2 is 1.53 bits per heavy atom. The van der Waals surface area contributed by atoms with E-state index in [2.05, 4.69) is 32.2 Å². The Balaban J connectivity index is 1.28. The number of benzene rings is 4. The van der Waals surface area contributed by atoms with Crippen molar-refractivity contribution in [2.45, 2.75) is 56.8 Å². The summed E-state index contributed by atoms with van der Waals surface area (Å²) in [6, 6.07) is 34.4. The fraction of sp³-hybridized carbons (Fsp3) is 0.326. The fourth-order valence-electron chi connectivity index (χ4n) is 9.07. The van der Waals surface area contributed by atoms with Crippen molar-refractivity contribution in [2.24, 2.45) is 5.92 Å². The van der Waals surface area contributed by atoms with E-state index in [1.807, 2.05) is 84.9 Å². The number of aliphatic hydroxyl groups excluding tert-OH is 1. The number of amides is 2. The van der Waals surface area contributed by atoms with Gasteiger partial charge in [0.25, 0.3) is 11.5 Å². The SMILES string of the molecule is COc1ccc([Si](C)(C)[C@@H]2[C@@H](CC(=O)N(CCO)Cc3ccccc3)O[C@]3(C(=O)N(Cc4ccc(-n5cccc(OC)c5=O)cc4)c4ccc(OC)cc43)[C@H]2C)cc1. The average molecular weight is 802 g/mol. The second-order valence-corrected chi connectivity index (χ2v) is 20.3. The highest BCUT2D eigenvalue weighted by Gasteiger charge is 2.66. The Hall–Kier alpha value is -5.69. The van der Waals surface area contributed by atoms with Gasteiger partial charge in [-0.25, -0.2) is 0 Å². The molecule has 1 aromatic heterocycles. The number of aromatic nitrogens is 1. The van der Waals surface area contributed by atoms with Crippen LogP contribution in [0.1, 0.15) is 30.0 Å². The maximum Gasteiger partial charge on any atom is 0.297 e. The number of carbonyl (C=O) groups is 2. The zero-order valence-corrected chi connectivity index (χ0v) is 34.9. The Morgan fingerprint density at radius 3 is 2.19 bits per heavy atom. The summed E-state index contributed by atoms with van der Waals surface area (Å²) in [5, 5.41) is 11.2. The lowest BCUT2D eigenvalue weighted by atomic mass is 9.82. The predicted molar refractivity (Wildman–Crippen MR) is 226 cm³/mol. The first-order valence-electron chi connectivity index (χ1n) is 19.6. The molecule has 4 atom stereocenters. The van der Waals surface area contributed by atoms with E-state index in [9.17, 15) is 14.7 Å². The first-order chi connectivity index (χ1) is 28.0. The molecule has 1 fully saturated rings. The normalized spacial score (nSPS) is 19.9. The molecule has 0 aliphatic carbocycles. The number of aliphatic hydroxyl groups is 1. The first-order valence-corrected chi connectivity index (χ1v) is 22.6. The molecule has 302 valence electrons. The summed E-state index contributed by atoms with van der Waals surface area (Å²) in [6.45, 7) is 7.23. The number of hydrogen-bond acceptors (Lipinski definition) is 8. The molecule has 5 aromatic rings. The molecule has 0 bridgehead atoms. The molecule has 1 N–H and O–H groups in total. The van der Waals surface area contributed by atoms with Gasteiger partial charge < -0.3 is 33.9 Å². The summed E-state index contributed by atoms with van der Waals surface area (Å²) >= 11 is 0. The maximum atomic E-state index is 15.4. The Labute approximate surface area is 340 Å². The van der Waals surface area contributed by atoms with Crippen molar-refractivity contribution in [3.05, 3.63) is 142 Å². The third kappa shape index (κ3) is 7.31. The lowest BCUT2D eigenvalue weighted by molar-refractivity contribution is -0.150. The molecule has 0 unspecified atom stereocenters. The van der Waals surface area contributed by atoms with Gasteiger partial charge in [-0.3, -0.25) is 19.0 Å². The van der Waals surface area contributed by atoms with Gasteiger partial charge in [0.15, 0.2) is 11.4 Å². The van der Waals surface area contributed by atoms with Crippen molar-refractivity contribution < 1.29 is 33.6 Å². The molecule has 3 heterocycles. The maximum absolute atomic E-state index is 15.4. The number of anilines is 1. The number of nitrogens with zero attached hydrogens (tertiary/aromatic N) is 3. The zero-order chi connectivity index (χ0) is 41.2. The van der Waals surface area contributed by atoms with E-state index in [1.165, 1.54) is 11.7 Å².